The van der Waals surface area contributed by atoms with Crippen LogP contribution in [-0.2, 0) is 0 Å². The van der Waals surface area contributed by atoms with Crippen molar-refractivity contribution in [3.8, 4) is 17.5 Å². The summed E-state index contributed by atoms with van der Waals surface area (Å²) in [4.78, 5) is 17.0. The first kappa shape index (κ1) is 19.6. The van der Waals surface area contributed by atoms with Gasteiger partial charge in [-0.1, -0.05) is 17.7 Å². The van der Waals surface area contributed by atoms with Gasteiger partial charge in [0.05, 0.1) is 27.8 Å². The molecule has 148 valence electrons. The van der Waals surface area contributed by atoms with E-state index in [1.54, 1.807) is 18.2 Å². The number of hydrogen-bond donors (Lipinski definition) is 1. The Morgan fingerprint density at radius 1 is 1.17 bits per heavy atom. The first-order valence-corrected chi connectivity index (χ1v) is 9.42. The molecular weight excluding hydrogens is 405 g/mol. The van der Waals surface area contributed by atoms with E-state index in [0.29, 0.717) is 33.3 Å². The summed E-state index contributed by atoms with van der Waals surface area (Å²) in [5, 5.41) is 11.9. The van der Waals surface area contributed by atoms with Gasteiger partial charge in [0.2, 0.25) is 5.89 Å². The van der Waals surface area contributed by atoms with E-state index in [9.17, 15) is 9.18 Å². The van der Waals surface area contributed by atoms with Gasteiger partial charge in [-0.05, 0) is 67.4 Å². The van der Waals surface area contributed by atoms with Crippen molar-refractivity contribution in [3.05, 3.63) is 81.6 Å². The molecule has 1 aromatic heterocycles. The predicted octanol–water partition coefficient (Wildman–Crippen LogP) is 6.03. The third-order valence-electron chi connectivity index (χ3n) is 4.62. The zero-order chi connectivity index (χ0) is 21.4. The van der Waals surface area contributed by atoms with Crippen LogP contribution in [0.1, 0.15) is 27.0 Å². The number of anilines is 1. The maximum Gasteiger partial charge on any atom is 0.258 e. The van der Waals surface area contributed by atoms with E-state index >= 15 is 0 Å². The number of carbonyl (C=O) groups excluding carboxylic acids is 1. The number of rotatable bonds is 3. The number of nitrogens with zero attached hydrogens (tertiary/aromatic N) is 2. The van der Waals surface area contributed by atoms with Crippen LogP contribution >= 0.6 is 11.6 Å². The SMILES string of the molecule is Cc1cc(C)c2oc(-c3cc(NC(=O)c4ccc(C#N)cc4F)ccc3Cl)nc2c1. The number of aryl methyl sites for hydroxylation is 2. The summed E-state index contributed by atoms with van der Waals surface area (Å²) >= 11 is 6.34. The van der Waals surface area contributed by atoms with Crippen molar-refractivity contribution in [2.24, 2.45) is 0 Å². The molecule has 1 N–H and O–H groups in total. The molecule has 4 aromatic rings. The maximum absolute atomic E-state index is 14.1. The van der Waals surface area contributed by atoms with Gasteiger partial charge in [-0.15, -0.1) is 0 Å². The number of nitrogens with one attached hydrogen (secondary N) is 1. The molecule has 0 atom stereocenters. The van der Waals surface area contributed by atoms with Gasteiger partial charge in [0.15, 0.2) is 5.58 Å². The number of aromatic nitrogens is 1. The summed E-state index contributed by atoms with van der Waals surface area (Å²) in [6.07, 6.45) is 0. The molecule has 0 saturated heterocycles. The maximum atomic E-state index is 14.1. The summed E-state index contributed by atoms with van der Waals surface area (Å²) in [5.41, 5.74) is 4.28. The van der Waals surface area contributed by atoms with Gasteiger partial charge in [-0.25, -0.2) is 9.37 Å². The van der Waals surface area contributed by atoms with Crippen LogP contribution in [-0.4, -0.2) is 10.9 Å². The van der Waals surface area contributed by atoms with Crippen LogP contribution in [0.15, 0.2) is 52.9 Å². The van der Waals surface area contributed by atoms with Gasteiger partial charge in [0.1, 0.15) is 11.3 Å². The van der Waals surface area contributed by atoms with Gasteiger partial charge in [0.25, 0.3) is 5.91 Å². The molecule has 0 aliphatic rings. The molecule has 30 heavy (non-hydrogen) atoms. The second-order valence-corrected chi connectivity index (χ2v) is 7.31. The highest BCUT2D eigenvalue weighted by Gasteiger charge is 2.17. The Morgan fingerprint density at radius 3 is 2.70 bits per heavy atom. The zero-order valence-corrected chi connectivity index (χ0v) is 16.8. The van der Waals surface area contributed by atoms with E-state index in [-0.39, 0.29) is 11.1 Å². The van der Waals surface area contributed by atoms with Crippen LogP contribution in [0.4, 0.5) is 10.1 Å². The Hall–Kier alpha value is -3.69. The number of benzene rings is 3. The number of carbonyl (C=O) groups is 1. The fourth-order valence-electron chi connectivity index (χ4n) is 3.23. The zero-order valence-electron chi connectivity index (χ0n) is 16.1. The Morgan fingerprint density at radius 2 is 1.97 bits per heavy atom. The number of oxazole rings is 1. The van der Waals surface area contributed by atoms with Gasteiger partial charge in [-0.3, -0.25) is 4.79 Å². The van der Waals surface area contributed by atoms with Crippen LogP contribution < -0.4 is 5.32 Å². The average Bonchev–Trinajstić information content (AvgIpc) is 3.13. The minimum atomic E-state index is -0.773. The lowest BCUT2D eigenvalue weighted by atomic mass is 10.1. The van der Waals surface area contributed by atoms with Crippen LogP contribution in [0.25, 0.3) is 22.6 Å². The van der Waals surface area contributed by atoms with Crippen molar-refractivity contribution >= 4 is 34.3 Å². The van der Waals surface area contributed by atoms with E-state index in [2.05, 4.69) is 10.3 Å². The van der Waals surface area contributed by atoms with Crippen molar-refractivity contribution in [2.75, 3.05) is 5.32 Å². The molecule has 0 unspecified atom stereocenters. The third-order valence-corrected chi connectivity index (χ3v) is 4.95. The second kappa shape index (κ2) is 7.62. The van der Waals surface area contributed by atoms with Crippen molar-refractivity contribution in [3.63, 3.8) is 0 Å². The van der Waals surface area contributed by atoms with E-state index in [4.69, 9.17) is 21.3 Å². The van der Waals surface area contributed by atoms with Crippen LogP contribution in [0.5, 0.6) is 0 Å². The normalized spacial score (nSPS) is 10.8. The van der Waals surface area contributed by atoms with Gasteiger partial charge >= 0.3 is 0 Å². The molecule has 7 heteroatoms. The standard InChI is InChI=1S/C23H15ClFN3O2/c1-12-7-13(2)21-20(8-12)28-23(30-21)17-10-15(4-6-18(17)24)27-22(29)16-5-3-14(11-26)9-19(16)25/h3-10H,1-2H3,(H,27,29). The summed E-state index contributed by atoms with van der Waals surface area (Å²) < 4.78 is 20.0. The molecule has 0 fully saturated rings. The molecule has 1 heterocycles. The predicted molar refractivity (Wildman–Crippen MR) is 113 cm³/mol. The number of amides is 1. The highest BCUT2D eigenvalue weighted by Crippen LogP contribution is 2.33. The topological polar surface area (TPSA) is 78.9 Å². The highest BCUT2D eigenvalue weighted by molar-refractivity contribution is 6.33. The fourth-order valence-corrected chi connectivity index (χ4v) is 3.42. The van der Waals surface area contributed by atoms with Crippen LogP contribution in [0.2, 0.25) is 5.02 Å². The van der Waals surface area contributed by atoms with E-state index < -0.39 is 11.7 Å². The minimum Gasteiger partial charge on any atom is -0.436 e. The second-order valence-electron chi connectivity index (χ2n) is 6.90. The molecule has 0 saturated carbocycles. The smallest absolute Gasteiger partial charge is 0.258 e. The summed E-state index contributed by atoms with van der Waals surface area (Å²) in [7, 11) is 0. The molecule has 0 radical (unpaired) electrons. The number of fused-ring (bicyclic) bond motifs is 1. The highest BCUT2D eigenvalue weighted by atomic mass is 35.5. The summed E-state index contributed by atoms with van der Waals surface area (Å²) in [6.45, 7) is 3.92. The lowest BCUT2D eigenvalue weighted by Crippen LogP contribution is -2.14. The number of halogens is 2. The van der Waals surface area contributed by atoms with Crippen LogP contribution in [0, 0.1) is 31.0 Å². The molecule has 3 aromatic carbocycles. The van der Waals surface area contributed by atoms with E-state index in [1.807, 2.05) is 32.0 Å². The monoisotopic (exact) mass is 419 g/mol. The number of nitriles is 1. The Bertz CT molecular complexity index is 1350. The lowest BCUT2D eigenvalue weighted by molar-refractivity contribution is 0.102. The van der Waals surface area contributed by atoms with E-state index in [0.717, 1.165) is 17.2 Å². The third kappa shape index (κ3) is 3.63. The lowest BCUT2D eigenvalue weighted by Gasteiger charge is -2.08. The fraction of sp³-hybridized carbons (Fsp3) is 0.0870. The summed E-state index contributed by atoms with van der Waals surface area (Å²) in [5.74, 6) is -1.09. The van der Waals surface area contributed by atoms with Crippen molar-refractivity contribution in [1.82, 2.24) is 4.98 Å². The molecule has 5 nitrogen and oxygen atoms in total. The van der Waals surface area contributed by atoms with Gasteiger partial charge < -0.3 is 9.73 Å². The first-order valence-electron chi connectivity index (χ1n) is 9.04. The van der Waals surface area contributed by atoms with E-state index in [1.165, 1.54) is 12.1 Å². The Balaban J connectivity index is 1.68. The molecule has 0 aliphatic carbocycles. The van der Waals surface area contributed by atoms with Crippen LogP contribution in [0.3, 0.4) is 0 Å². The first-order chi connectivity index (χ1) is 14.4. The molecule has 0 spiro atoms. The largest absolute Gasteiger partial charge is 0.436 e. The Labute approximate surface area is 176 Å². The molecule has 0 aliphatic heterocycles. The molecule has 4 rings (SSSR count). The Kier molecular flexibility index (Phi) is 4.98. The van der Waals surface area contributed by atoms with Gasteiger partial charge in [0, 0.05) is 5.69 Å². The summed E-state index contributed by atoms with van der Waals surface area (Å²) in [6, 6.07) is 14.2. The number of hydrogen-bond acceptors (Lipinski definition) is 4. The van der Waals surface area contributed by atoms with Gasteiger partial charge in [-0.2, -0.15) is 5.26 Å². The minimum absolute atomic E-state index is 0.138. The quantitative estimate of drug-likeness (QED) is 0.439. The molecule has 0 bridgehead atoms. The molecule has 1 amide bonds. The van der Waals surface area contributed by atoms with Crippen molar-refractivity contribution < 1.29 is 13.6 Å². The average molecular weight is 420 g/mol. The molecular formula is C23H15ClFN3O2. The van der Waals surface area contributed by atoms with Crippen molar-refractivity contribution in [2.45, 2.75) is 13.8 Å². The van der Waals surface area contributed by atoms with Crippen molar-refractivity contribution in [1.29, 1.82) is 5.26 Å².